The van der Waals surface area contributed by atoms with Crippen molar-refractivity contribution in [2.45, 2.75) is 50.7 Å². The van der Waals surface area contributed by atoms with E-state index in [1.807, 2.05) is 19.1 Å². The average Bonchev–Trinajstić information content (AvgIpc) is 2.75. The molecule has 0 radical (unpaired) electrons. The highest BCUT2D eigenvalue weighted by Crippen LogP contribution is 2.32. The third-order valence-corrected chi connectivity index (χ3v) is 4.65. The summed E-state index contributed by atoms with van der Waals surface area (Å²) in [5.74, 6) is -0.212. The molecule has 1 heterocycles. The summed E-state index contributed by atoms with van der Waals surface area (Å²) in [4.78, 5) is 26.2. The maximum absolute atomic E-state index is 12.5. The standard InChI is InChI=1S/C17H24ClN3O2.ClH/c1-4-9-17(2,19)16(23)20-13-10-14(22)21(3)15(13)11-5-7-12(18)8-6-11;/h5-8,13,15H,4,9-10,19H2,1-3H3,(H,20,23);1H. The van der Waals surface area contributed by atoms with Crippen molar-refractivity contribution < 1.29 is 9.59 Å². The zero-order valence-corrected chi connectivity index (χ0v) is 15.8. The molecule has 1 saturated heterocycles. The van der Waals surface area contributed by atoms with E-state index in [-0.39, 0.29) is 42.7 Å². The molecule has 0 saturated carbocycles. The summed E-state index contributed by atoms with van der Waals surface area (Å²) in [5.41, 5.74) is 6.11. The highest BCUT2D eigenvalue weighted by atomic mass is 35.5. The van der Waals surface area contributed by atoms with Crippen LogP contribution in [0.4, 0.5) is 0 Å². The van der Waals surface area contributed by atoms with Gasteiger partial charge in [0, 0.05) is 18.5 Å². The van der Waals surface area contributed by atoms with Gasteiger partial charge in [-0.15, -0.1) is 12.4 Å². The minimum Gasteiger partial charge on any atom is -0.349 e. The van der Waals surface area contributed by atoms with Crippen LogP contribution in [0.5, 0.6) is 0 Å². The van der Waals surface area contributed by atoms with Gasteiger partial charge in [-0.3, -0.25) is 9.59 Å². The number of likely N-dealkylation sites (tertiary alicyclic amines) is 1. The quantitative estimate of drug-likeness (QED) is 0.832. The van der Waals surface area contributed by atoms with E-state index in [4.69, 9.17) is 17.3 Å². The van der Waals surface area contributed by atoms with Crippen LogP contribution in [0.15, 0.2) is 24.3 Å². The van der Waals surface area contributed by atoms with Gasteiger partial charge in [0.25, 0.3) is 0 Å². The maximum Gasteiger partial charge on any atom is 0.240 e. The minimum absolute atomic E-state index is 0. The Morgan fingerprint density at radius 2 is 2.00 bits per heavy atom. The summed E-state index contributed by atoms with van der Waals surface area (Å²) < 4.78 is 0. The van der Waals surface area contributed by atoms with Crippen molar-refractivity contribution in [3.63, 3.8) is 0 Å². The van der Waals surface area contributed by atoms with Crippen molar-refractivity contribution in [2.24, 2.45) is 5.73 Å². The van der Waals surface area contributed by atoms with Gasteiger partial charge in [0.05, 0.1) is 17.6 Å². The monoisotopic (exact) mass is 373 g/mol. The van der Waals surface area contributed by atoms with Gasteiger partial charge in [-0.1, -0.05) is 37.1 Å². The van der Waals surface area contributed by atoms with Gasteiger partial charge in [0.1, 0.15) is 0 Å². The van der Waals surface area contributed by atoms with Gasteiger partial charge in [-0.25, -0.2) is 0 Å². The number of benzene rings is 1. The molecule has 3 atom stereocenters. The fraction of sp³-hybridized carbons (Fsp3) is 0.529. The number of carbonyl (C=O) groups is 2. The first-order chi connectivity index (χ1) is 10.8. The summed E-state index contributed by atoms with van der Waals surface area (Å²) >= 11 is 5.93. The molecule has 24 heavy (non-hydrogen) atoms. The van der Waals surface area contributed by atoms with Crippen LogP contribution in [0.1, 0.15) is 44.7 Å². The summed E-state index contributed by atoms with van der Waals surface area (Å²) in [6.45, 7) is 3.71. The van der Waals surface area contributed by atoms with Crippen LogP contribution in [0.2, 0.25) is 5.02 Å². The van der Waals surface area contributed by atoms with E-state index in [1.54, 1.807) is 31.0 Å². The number of rotatable bonds is 5. The summed E-state index contributed by atoms with van der Waals surface area (Å²) in [6, 6.07) is 6.85. The predicted octanol–water partition coefficient (Wildman–Crippen LogP) is 2.67. The van der Waals surface area contributed by atoms with E-state index >= 15 is 0 Å². The fourth-order valence-electron chi connectivity index (χ4n) is 3.08. The molecule has 0 aliphatic carbocycles. The number of carbonyl (C=O) groups excluding carboxylic acids is 2. The smallest absolute Gasteiger partial charge is 0.240 e. The van der Waals surface area contributed by atoms with Gasteiger partial charge < -0.3 is 16.0 Å². The van der Waals surface area contributed by atoms with Gasteiger partial charge in [0.2, 0.25) is 11.8 Å². The molecule has 7 heteroatoms. The molecule has 3 N–H and O–H groups in total. The number of likely N-dealkylation sites (N-methyl/N-ethyl adjacent to an activating group) is 1. The Balaban J connectivity index is 0.00000288. The maximum atomic E-state index is 12.5. The Morgan fingerprint density at radius 1 is 1.42 bits per heavy atom. The molecule has 0 bridgehead atoms. The second kappa shape index (κ2) is 8.19. The molecular weight excluding hydrogens is 349 g/mol. The summed E-state index contributed by atoms with van der Waals surface area (Å²) in [7, 11) is 1.75. The van der Waals surface area contributed by atoms with Gasteiger partial charge in [-0.2, -0.15) is 0 Å². The third kappa shape index (κ3) is 4.41. The second-order valence-electron chi connectivity index (χ2n) is 6.45. The highest BCUT2D eigenvalue weighted by Gasteiger charge is 2.41. The number of nitrogens with one attached hydrogen (secondary N) is 1. The van der Waals surface area contributed by atoms with Crippen LogP contribution >= 0.6 is 24.0 Å². The summed E-state index contributed by atoms with van der Waals surface area (Å²) in [5, 5.41) is 3.61. The molecule has 3 unspecified atom stereocenters. The molecule has 1 aromatic rings. The van der Waals surface area contributed by atoms with E-state index in [0.717, 1.165) is 12.0 Å². The second-order valence-corrected chi connectivity index (χ2v) is 6.89. The first-order valence-corrected chi connectivity index (χ1v) is 8.25. The molecule has 2 amide bonds. The van der Waals surface area contributed by atoms with Crippen LogP contribution in [0.25, 0.3) is 0 Å². The van der Waals surface area contributed by atoms with E-state index in [1.165, 1.54) is 0 Å². The van der Waals surface area contributed by atoms with E-state index in [9.17, 15) is 9.59 Å². The molecule has 0 aromatic heterocycles. The van der Waals surface area contributed by atoms with Crippen LogP contribution < -0.4 is 11.1 Å². The lowest BCUT2D eigenvalue weighted by Crippen LogP contribution is -2.54. The normalized spacial score (nSPS) is 22.7. The molecule has 1 aliphatic rings. The van der Waals surface area contributed by atoms with Crippen LogP contribution in [0.3, 0.4) is 0 Å². The number of hydrogen-bond donors (Lipinski definition) is 2. The molecule has 0 spiro atoms. The third-order valence-electron chi connectivity index (χ3n) is 4.40. The summed E-state index contributed by atoms with van der Waals surface area (Å²) in [6.07, 6.45) is 1.70. The molecule has 2 rings (SSSR count). The molecule has 1 aromatic carbocycles. The Labute approximate surface area is 154 Å². The lowest BCUT2D eigenvalue weighted by Gasteiger charge is -2.29. The van der Waals surface area contributed by atoms with Crippen molar-refractivity contribution in [3.8, 4) is 0 Å². The van der Waals surface area contributed by atoms with Crippen molar-refractivity contribution in [3.05, 3.63) is 34.9 Å². The zero-order valence-electron chi connectivity index (χ0n) is 14.2. The van der Waals surface area contributed by atoms with Crippen molar-refractivity contribution in [2.75, 3.05) is 7.05 Å². The number of halogens is 2. The molecular formula is C17H25Cl2N3O2. The zero-order chi connectivity index (χ0) is 17.2. The topological polar surface area (TPSA) is 75.4 Å². The molecule has 134 valence electrons. The van der Waals surface area contributed by atoms with Crippen molar-refractivity contribution in [1.29, 1.82) is 0 Å². The Hall–Kier alpha value is -1.30. The molecule has 5 nitrogen and oxygen atoms in total. The van der Waals surface area contributed by atoms with Crippen LogP contribution in [-0.2, 0) is 9.59 Å². The number of nitrogens with zero attached hydrogens (tertiary/aromatic N) is 1. The minimum atomic E-state index is -0.927. The largest absolute Gasteiger partial charge is 0.349 e. The van der Waals surface area contributed by atoms with Gasteiger partial charge in [0.15, 0.2) is 0 Å². The Morgan fingerprint density at radius 3 is 2.54 bits per heavy atom. The van der Waals surface area contributed by atoms with Gasteiger partial charge >= 0.3 is 0 Å². The molecule has 1 fully saturated rings. The first kappa shape index (κ1) is 20.7. The lowest BCUT2D eigenvalue weighted by molar-refractivity contribution is -0.127. The SMILES string of the molecule is CCCC(C)(N)C(=O)NC1CC(=O)N(C)C1c1ccc(Cl)cc1.Cl. The Bertz CT molecular complexity index is 590. The van der Waals surface area contributed by atoms with E-state index in [2.05, 4.69) is 5.32 Å². The predicted molar refractivity (Wildman–Crippen MR) is 98.3 cm³/mol. The first-order valence-electron chi connectivity index (χ1n) is 7.87. The fourth-order valence-corrected chi connectivity index (χ4v) is 3.21. The van der Waals surface area contributed by atoms with Crippen molar-refractivity contribution >= 4 is 35.8 Å². The number of amides is 2. The van der Waals surface area contributed by atoms with Crippen LogP contribution in [-0.4, -0.2) is 35.3 Å². The lowest BCUT2D eigenvalue weighted by atomic mass is 9.94. The Kier molecular flexibility index (Phi) is 7.08. The van der Waals surface area contributed by atoms with E-state index in [0.29, 0.717) is 11.4 Å². The van der Waals surface area contributed by atoms with E-state index < -0.39 is 5.54 Å². The number of hydrogen-bond acceptors (Lipinski definition) is 3. The highest BCUT2D eigenvalue weighted by molar-refractivity contribution is 6.30. The molecule has 1 aliphatic heterocycles. The van der Waals surface area contributed by atoms with Gasteiger partial charge in [-0.05, 0) is 31.0 Å². The van der Waals surface area contributed by atoms with Crippen molar-refractivity contribution in [1.82, 2.24) is 10.2 Å². The van der Waals surface area contributed by atoms with Crippen LogP contribution in [0, 0.1) is 0 Å². The number of nitrogens with two attached hydrogens (primary N) is 1. The average molecular weight is 374 g/mol.